The van der Waals surface area contributed by atoms with E-state index in [1.165, 1.54) is 29.5 Å². The number of rotatable bonds is 7. The highest BCUT2D eigenvalue weighted by Crippen LogP contribution is 2.23. The zero-order valence-electron chi connectivity index (χ0n) is 14.1. The molecule has 0 saturated carbocycles. The van der Waals surface area contributed by atoms with E-state index in [-0.39, 0.29) is 12.4 Å². The van der Waals surface area contributed by atoms with Gasteiger partial charge in [0, 0.05) is 5.75 Å². The summed E-state index contributed by atoms with van der Waals surface area (Å²) in [4.78, 5) is 0. The Morgan fingerprint density at radius 1 is 1.04 bits per heavy atom. The molecule has 3 rings (SSSR count). The van der Waals surface area contributed by atoms with Gasteiger partial charge in [-0.15, -0.1) is 10.2 Å². The summed E-state index contributed by atoms with van der Waals surface area (Å²) in [6, 6.07) is 14.3. The fourth-order valence-electron chi connectivity index (χ4n) is 2.17. The molecule has 0 N–H and O–H groups in total. The van der Waals surface area contributed by atoms with Crippen LogP contribution in [-0.4, -0.2) is 10.2 Å². The third kappa shape index (κ3) is 5.06. The van der Waals surface area contributed by atoms with Crippen molar-refractivity contribution in [2.75, 3.05) is 0 Å². The minimum absolute atomic E-state index is 0.227. The molecule has 4 nitrogen and oxygen atoms in total. The van der Waals surface area contributed by atoms with Gasteiger partial charge < -0.3 is 9.15 Å². The zero-order valence-corrected chi connectivity index (χ0v) is 14.9. The molecule has 1 heterocycles. The molecule has 0 amide bonds. The lowest BCUT2D eigenvalue weighted by molar-refractivity contribution is 0.252. The fraction of sp³-hybridized carbons (Fsp3) is 0.263. The maximum Gasteiger partial charge on any atom is 0.277 e. The van der Waals surface area contributed by atoms with Crippen molar-refractivity contribution in [3.05, 3.63) is 71.4 Å². The average molecular weight is 358 g/mol. The smallest absolute Gasteiger partial charge is 0.277 e. The van der Waals surface area contributed by atoms with Crippen LogP contribution in [0, 0.1) is 5.82 Å². The largest absolute Gasteiger partial charge is 0.484 e. The van der Waals surface area contributed by atoms with Gasteiger partial charge in [-0.3, -0.25) is 0 Å². The SMILES string of the molecule is CC(C)c1ccc(OCc2nnc(SCc3ccc(F)cc3)o2)cc1. The Morgan fingerprint density at radius 2 is 1.76 bits per heavy atom. The fourth-order valence-corrected chi connectivity index (χ4v) is 2.91. The Bertz CT molecular complexity index is 801. The minimum Gasteiger partial charge on any atom is -0.484 e. The van der Waals surface area contributed by atoms with E-state index in [2.05, 4.69) is 36.2 Å². The first-order valence-electron chi connectivity index (χ1n) is 8.02. The molecular formula is C19H19FN2O2S. The molecule has 130 valence electrons. The standard InChI is InChI=1S/C19H19FN2O2S/c1-13(2)15-5-9-17(10-6-15)23-11-18-21-22-19(24-18)25-12-14-3-7-16(20)8-4-14/h3-10,13H,11-12H2,1-2H3. The second-order valence-corrected chi connectivity index (χ2v) is 6.82. The first-order valence-corrected chi connectivity index (χ1v) is 9.01. The van der Waals surface area contributed by atoms with Crippen LogP contribution in [0.25, 0.3) is 0 Å². The average Bonchev–Trinajstić information content (AvgIpc) is 3.08. The maximum absolute atomic E-state index is 12.9. The van der Waals surface area contributed by atoms with Gasteiger partial charge in [0.1, 0.15) is 11.6 Å². The third-order valence-corrected chi connectivity index (χ3v) is 4.52. The molecule has 0 saturated heterocycles. The number of ether oxygens (including phenoxy) is 1. The summed E-state index contributed by atoms with van der Waals surface area (Å²) in [6.45, 7) is 4.53. The Kier molecular flexibility index (Phi) is 5.71. The molecule has 0 unspecified atom stereocenters. The van der Waals surface area contributed by atoms with Gasteiger partial charge in [0.05, 0.1) is 0 Å². The van der Waals surface area contributed by atoms with Gasteiger partial charge in [0.25, 0.3) is 11.1 Å². The highest BCUT2D eigenvalue weighted by Gasteiger charge is 2.08. The molecule has 1 aromatic heterocycles. The van der Waals surface area contributed by atoms with Crippen LogP contribution in [0.1, 0.15) is 36.8 Å². The molecule has 0 aliphatic heterocycles. The molecule has 6 heteroatoms. The monoisotopic (exact) mass is 358 g/mol. The Hall–Kier alpha value is -2.34. The van der Waals surface area contributed by atoms with Crippen molar-refractivity contribution in [2.24, 2.45) is 0 Å². The highest BCUT2D eigenvalue weighted by atomic mass is 32.2. The molecule has 25 heavy (non-hydrogen) atoms. The van der Waals surface area contributed by atoms with Crippen LogP contribution in [0.3, 0.4) is 0 Å². The van der Waals surface area contributed by atoms with E-state index in [0.717, 1.165) is 11.3 Å². The number of hydrogen-bond acceptors (Lipinski definition) is 5. The predicted molar refractivity (Wildman–Crippen MR) is 95.1 cm³/mol. The van der Waals surface area contributed by atoms with E-state index >= 15 is 0 Å². The summed E-state index contributed by atoms with van der Waals surface area (Å²) < 4.78 is 24.1. The van der Waals surface area contributed by atoms with Crippen molar-refractivity contribution >= 4 is 11.8 Å². The lowest BCUT2D eigenvalue weighted by Gasteiger charge is -2.07. The van der Waals surface area contributed by atoms with E-state index < -0.39 is 0 Å². The quantitative estimate of drug-likeness (QED) is 0.543. The number of thioether (sulfide) groups is 1. The Labute approximate surface area is 150 Å². The van der Waals surface area contributed by atoms with Crippen molar-refractivity contribution in [3.8, 4) is 5.75 Å². The van der Waals surface area contributed by atoms with Crippen LogP contribution in [0.4, 0.5) is 4.39 Å². The van der Waals surface area contributed by atoms with E-state index in [9.17, 15) is 4.39 Å². The zero-order chi connectivity index (χ0) is 17.6. The van der Waals surface area contributed by atoms with E-state index in [1.807, 2.05) is 12.1 Å². The molecule has 0 aliphatic rings. The predicted octanol–water partition coefficient (Wildman–Crippen LogP) is 5.20. The first kappa shape index (κ1) is 17.5. The molecule has 0 bridgehead atoms. The van der Waals surface area contributed by atoms with Crippen molar-refractivity contribution in [2.45, 2.75) is 37.3 Å². The van der Waals surface area contributed by atoms with Crippen molar-refractivity contribution in [3.63, 3.8) is 0 Å². The van der Waals surface area contributed by atoms with Gasteiger partial charge in [-0.05, 0) is 41.3 Å². The Balaban J connectivity index is 1.50. The van der Waals surface area contributed by atoms with Crippen LogP contribution < -0.4 is 4.74 Å². The number of benzene rings is 2. The van der Waals surface area contributed by atoms with Gasteiger partial charge >= 0.3 is 0 Å². The second-order valence-electron chi connectivity index (χ2n) is 5.89. The molecule has 2 aromatic carbocycles. The topological polar surface area (TPSA) is 48.2 Å². The number of halogens is 1. The molecular weight excluding hydrogens is 339 g/mol. The summed E-state index contributed by atoms with van der Waals surface area (Å²) in [5, 5.41) is 8.44. The van der Waals surface area contributed by atoms with Crippen molar-refractivity contribution in [1.82, 2.24) is 10.2 Å². The molecule has 0 aliphatic carbocycles. The second kappa shape index (κ2) is 8.16. The van der Waals surface area contributed by atoms with Crippen LogP contribution in [0.5, 0.6) is 5.75 Å². The summed E-state index contributed by atoms with van der Waals surface area (Å²) in [7, 11) is 0. The molecule has 3 aromatic rings. The van der Waals surface area contributed by atoms with Gasteiger partial charge in [-0.25, -0.2) is 4.39 Å². The third-order valence-electron chi connectivity index (χ3n) is 3.63. The summed E-state index contributed by atoms with van der Waals surface area (Å²) in [6.07, 6.45) is 0. The molecule has 0 fully saturated rings. The van der Waals surface area contributed by atoms with E-state index in [0.29, 0.717) is 22.8 Å². The van der Waals surface area contributed by atoms with Crippen LogP contribution >= 0.6 is 11.8 Å². The maximum atomic E-state index is 12.9. The molecule has 0 spiro atoms. The molecule has 0 radical (unpaired) electrons. The lowest BCUT2D eigenvalue weighted by Crippen LogP contribution is -1.96. The lowest BCUT2D eigenvalue weighted by atomic mass is 10.0. The van der Waals surface area contributed by atoms with Gasteiger partial charge in [-0.2, -0.15) is 0 Å². The van der Waals surface area contributed by atoms with Crippen molar-refractivity contribution < 1.29 is 13.5 Å². The minimum atomic E-state index is -0.243. The van der Waals surface area contributed by atoms with Gasteiger partial charge in [0.15, 0.2) is 6.61 Å². The van der Waals surface area contributed by atoms with E-state index in [1.54, 1.807) is 12.1 Å². The van der Waals surface area contributed by atoms with E-state index in [4.69, 9.17) is 9.15 Å². The normalized spacial score (nSPS) is 11.0. The highest BCUT2D eigenvalue weighted by molar-refractivity contribution is 7.98. The summed E-state index contributed by atoms with van der Waals surface area (Å²) in [5.41, 5.74) is 2.26. The van der Waals surface area contributed by atoms with Crippen LogP contribution in [0.2, 0.25) is 0 Å². The first-order chi connectivity index (χ1) is 12.1. The van der Waals surface area contributed by atoms with Crippen LogP contribution in [-0.2, 0) is 12.4 Å². The number of aromatic nitrogens is 2. The number of hydrogen-bond donors (Lipinski definition) is 0. The Morgan fingerprint density at radius 3 is 2.44 bits per heavy atom. The van der Waals surface area contributed by atoms with Crippen molar-refractivity contribution in [1.29, 1.82) is 0 Å². The van der Waals surface area contributed by atoms with Gasteiger partial charge in [0.2, 0.25) is 0 Å². The van der Waals surface area contributed by atoms with Crippen LogP contribution in [0.15, 0.2) is 58.2 Å². The summed E-state index contributed by atoms with van der Waals surface area (Å²) in [5.74, 6) is 2.08. The number of nitrogens with zero attached hydrogens (tertiary/aromatic N) is 2. The van der Waals surface area contributed by atoms with Gasteiger partial charge in [-0.1, -0.05) is 49.9 Å². The molecule has 0 atom stereocenters. The summed E-state index contributed by atoms with van der Waals surface area (Å²) >= 11 is 1.41.